The zero-order chi connectivity index (χ0) is 22.7. The molecule has 0 spiro atoms. The second-order valence-electron chi connectivity index (χ2n) is 7.41. The van der Waals surface area contributed by atoms with E-state index in [0.717, 1.165) is 31.0 Å². The van der Waals surface area contributed by atoms with Gasteiger partial charge >= 0.3 is 12.2 Å². The molecule has 12 heteroatoms. The maximum Gasteiger partial charge on any atom is 0.417 e. The van der Waals surface area contributed by atoms with Crippen molar-refractivity contribution in [3.8, 4) is 0 Å². The summed E-state index contributed by atoms with van der Waals surface area (Å²) >= 11 is 5.63. The van der Waals surface area contributed by atoms with Crippen LogP contribution in [0, 0.1) is 0 Å². The number of ether oxygens (including phenoxy) is 1. The number of morpholine rings is 1. The van der Waals surface area contributed by atoms with Gasteiger partial charge < -0.3 is 24.8 Å². The van der Waals surface area contributed by atoms with Crippen LogP contribution in [-0.2, 0) is 10.9 Å². The van der Waals surface area contributed by atoms with Gasteiger partial charge in [0.05, 0.1) is 23.8 Å². The summed E-state index contributed by atoms with van der Waals surface area (Å²) in [6.45, 7) is 4.64. The van der Waals surface area contributed by atoms with Gasteiger partial charge in [0.1, 0.15) is 5.82 Å². The molecule has 0 unspecified atom stereocenters. The van der Waals surface area contributed by atoms with Gasteiger partial charge in [0, 0.05) is 51.2 Å². The first-order valence-electron chi connectivity index (χ1n) is 10.1. The molecule has 0 saturated carbocycles. The Hall–Kier alpha value is -2.79. The highest BCUT2D eigenvalue weighted by Gasteiger charge is 2.33. The van der Waals surface area contributed by atoms with Gasteiger partial charge in [-0.3, -0.25) is 0 Å². The van der Waals surface area contributed by atoms with Crippen molar-refractivity contribution in [3.05, 3.63) is 41.0 Å². The summed E-state index contributed by atoms with van der Waals surface area (Å²) in [5, 5.41) is 2.11. The molecule has 172 valence electrons. The first-order chi connectivity index (χ1) is 15.3. The second-order valence-corrected chi connectivity index (χ2v) is 7.82. The third-order valence-corrected chi connectivity index (χ3v) is 5.67. The third kappa shape index (κ3) is 5.16. The molecule has 1 N–H and O–H groups in total. The van der Waals surface area contributed by atoms with Crippen LogP contribution in [0.2, 0.25) is 5.02 Å². The number of nitrogens with zero attached hydrogens (tertiary/aromatic N) is 5. The predicted octanol–water partition coefficient (Wildman–Crippen LogP) is 3.34. The number of carbonyl (C=O) groups excluding carboxylic acids is 1. The molecule has 3 heterocycles. The van der Waals surface area contributed by atoms with Crippen LogP contribution in [0.1, 0.15) is 5.56 Å². The molecule has 2 aromatic rings. The van der Waals surface area contributed by atoms with Crippen molar-refractivity contribution < 1.29 is 22.7 Å². The quantitative estimate of drug-likeness (QED) is 0.741. The Morgan fingerprint density at radius 2 is 1.75 bits per heavy atom. The molecule has 4 rings (SSSR count). The minimum absolute atomic E-state index is 0.0418. The molecule has 0 bridgehead atoms. The largest absolute Gasteiger partial charge is 0.417 e. The van der Waals surface area contributed by atoms with Crippen LogP contribution in [0.3, 0.4) is 0 Å². The Morgan fingerprint density at radius 1 is 1.03 bits per heavy atom. The molecule has 2 amide bonds. The lowest BCUT2D eigenvalue weighted by molar-refractivity contribution is -0.137. The van der Waals surface area contributed by atoms with E-state index >= 15 is 0 Å². The average Bonchev–Trinajstić information content (AvgIpc) is 2.80. The molecule has 0 atom stereocenters. The number of nitrogens with one attached hydrogen (secondary N) is 1. The third-order valence-electron chi connectivity index (χ3n) is 5.34. The minimum Gasteiger partial charge on any atom is -0.378 e. The Morgan fingerprint density at radius 3 is 2.44 bits per heavy atom. The highest BCUT2D eigenvalue weighted by Crippen LogP contribution is 2.36. The summed E-state index contributed by atoms with van der Waals surface area (Å²) in [5.41, 5.74) is -0.943. The summed E-state index contributed by atoms with van der Waals surface area (Å²) in [6, 6.07) is 4.67. The Bertz CT molecular complexity index is 963. The molecular formula is C20H22ClF3N6O2. The average molecular weight is 471 g/mol. The van der Waals surface area contributed by atoms with Crippen LogP contribution in [0.5, 0.6) is 0 Å². The van der Waals surface area contributed by atoms with Crippen molar-refractivity contribution in [2.24, 2.45) is 0 Å². The van der Waals surface area contributed by atoms with E-state index in [-0.39, 0.29) is 5.69 Å². The van der Waals surface area contributed by atoms with Crippen LogP contribution in [0.4, 0.5) is 35.4 Å². The van der Waals surface area contributed by atoms with Gasteiger partial charge in [-0.2, -0.15) is 18.2 Å². The Kier molecular flexibility index (Phi) is 6.56. The highest BCUT2D eigenvalue weighted by molar-refractivity contribution is 6.31. The van der Waals surface area contributed by atoms with Crippen molar-refractivity contribution in [2.75, 3.05) is 67.6 Å². The lowest BCUT2D eigenvalue weighted by atomic mass is 10.2. The number of amides is 2. The molecule has 1 aromatic carbocycles. The number of halogens is 4. The maximum absolute atomic E-state index is 13.0. The van der Waals surface area contributed by atoms with E-state index < -0.39 is 22.8 Å². The maximum atomic E-state index is 13.0. The highest BCUT2D eigenvalue weighted by atomic mass is 35.5. The second kappa shape index (κ2) is 9.37. The summed E-state index contributed by atoms with van der Waals surface area (Å²) < 4.78 is 44.5. The molecular weight excluding hydrogens is 449 g/mol. The summed E-state index contributed by atoms with van der Waals surface area (Å²) in [6.07, 6.45) is -2.88. The van der Waals surface area contributed by atoms with Crippen molar-refractivity contribution in [1.82, 2.24) is 14.9 Å². The van der Waals surface area contributed by atoms with E-state index in [2.05, 4.69) is 25.1 Å². The van der Waals surface area contributed by atoms with E-state index in [0.29, 0.717) is 45.3 Å². The summed E-state index contributed by atoms with van der Waals surface area (Å²) in [7, 11) is 0. The van der Waals surface area contributed by atoms with Crippen LogP contribution < -0.4 is 15.1 Å². The minimum atomic E-state index is -4.60. The van der Waals surface area contributed by atoms with E-state index in [9.17, 15) is 18.0 Å². The van der Waals surface area contributed by atoms with E-state index in [4.69, 9.17) is 16.3 Å². The summed E-state index contributed by atoms with van der Waals surface area (Å²) in [4.78, 5) is 27.2. The predicted molar refractivity (Wildman–Crippen MR) is 114 cm³/mol. The molecule has 32 heavy (non-hydrogen) atoms. The Balaban J connectivity index is 1.35. The van der Waals surface area contributed by atoms with Gasteiger partial charge in [-0.1, -0.05) is 11.6 Å². The number of anilines is 3. The molecule has 2 aliphatic heterocycles. The number of benzene rings is 1. The van der Waals surface area contributed by atoms with E-state index in [1.54, 1.807) is 11.1 Å². The SMILES string of the molecule is O=C(Nc1ccc(Cl)c(C(F)(F)F)c1)N1CCN(c2ccnc(N3CCOCC3)n2)CC1. The first kappa shape index (κ1) is 22.4. The normalized spacial score (nSPS) is 17.4. The van der Waals surface area contributed by atoms with Crippen LogP contribution in [0.25, 0.3) is 0 Å². The van der Waals surface area contributed by atoms with Crippen molar-refractivity contribution in [2.45, 2.75) is 6.18 Å². The zero-order valence-corrected chi connectivity index (χ0v) is 17.9. The lowest BCUT2D eigenvalue weighted by Crippen LogP contribution is -2.50. The summed E-state index contributed by atoms with van der Waals surface area (Å²) in [5.74, 6) is 1.42. The number of carbonyl (C=O) groups is 1. The fraction of sp³-hybridized carbons (Fsp3) is 0.450. The van der Waals surface area contributed by atoms with Gasteiger partial charge in [-0.25, -0.2) is 9.78 Å². The number of piperazine rings is 1. The molecule has 8 nitrogen and oxygen atoms in total. The topological polar surface area (TPSA) is 73.8 Å². The fourth-order valence-electron chi connectivity index (χ4n) is 3.59. The number of alkyl halides is 3. The standard InChI is InChI=1S/C20H22ClF3N6O2/c21-16-2-1-14(13-15(16)20(22,23)24)26-19(31)30-7-5-28(6-8-30)17-3-4-25-18(27-17)29-9-11-32-12-10-29/h1-4,13H,5-12H2,(H,26,31). The van der Waals surface area contributed by atoms with Crippen molar-refractivity contribution >= 4 is 35.1 Å². The molecule has 2 aliphatic rings. The Labute approximate surface area is 187 Å². The van der Waals surface area contributed by atoms with Gasteiger partial charge in [-0.15, -0.1) is 0 Å². The number of hydrogen-bond donors (Lipinski definition) is 1. The van der Waals surface area contributed by atoms with Gasteiger partial charge in [0.25, 0.3) is 0 Å². The van der Waals surface area contributed by atoms with Gasteiger partial charge in [0.15, 0.2) is 0 Å². The molecule has 0 aliphatic carbocycles. The number of urea groups is 1. The van der Waals surface area contributed by atoms with Crippen molar-refractivity contribution in [3.63, 3.8) is 0 Å². The van der Waals surface area contributed by atoms with Crippen LogP contribution >= 0.6 is 11.6 Å². The number of rotatable bonds is 3. The first-order valence-corrected chi connectivity index (χ1v) is 10.5. The van der Waals surface area contributed by atoms with E-state index in [1.165, 1.54) is 6.07 Å². The molecule has 2 fully saturated rings. The van der Waals surface area contributed by atoms with E-state index in [1.807, 2.05) is 6.07 Å². The monoisotopic (exact) mass is 470 g/mol. The fourth-order valence-corrected chi connectivity index (χ4v) is 3.82. The number of aromatic nitrogens is 2. The van der Waals surface area contributed by atoms with Crippen molar-refractivity contribution in [1.29, 1.82) is 0 Å². The van der Waals surface area contributed by atoms with Crippen LogP contribution in [0.15, 0.2) is 30.5 Å². The molecule has 0 radical (unpaired) electrons. The number of hydrogen-bond acceptors (Lipinski definition) is 6. The molecule has 2 saturated heterocycles. The van der Waals surface area contributed by atoms with Gasteiger partial charge in [-0.05, 0) is 24.3 Å². The zero-order valence-electron chi connectivity index (χ0n) is 17.1. The smallest absolute Gasteiger partial charge is 0.378 e. The lowest BCUT2D eigenvalue weighted by Gasteiger charge is -2.35. The van der Waals surface area contributed by atoms with Crippen LogP contribution in [-0.4, -0.2) is 73.4 Å². The molecule has 1 aromatic heterocycles. The van der Waals surface area contributed by atoms with Gasteiger partial charge in [0.2, 0.25) is 5.95 Å².